The van der Waals surface area contributed by atoms with Gasteiger partial charge in [-0.05, 0) is 29.8 Å². The third-order valence-electron chi connectivity index (χ3n) is 3.39. The smallest absolute Gasteiger partial charge is 0.137 e. The van der Waals surface area contributed by atoms with Crippen LogP contribution in [0.4, 0.5) is 0 Å². The normalized spacial score (nSPS) is 11.1. The molecular formula is C15H12N6. The molecule has 0 aliphatic carbocycles. The second-order valence-electron chi connectivity index (χ2n) is 4.77. The predicted octanol–water partition coefficient (Wildman–Crippen LogP) is 2.42. The fourth-order valence-electron chi connectivity index (χ4n) is 2.50. The van der Waals surface area contributed by atoms with Crippen LogP contribution < -0.4 is 0 Å². The van der Waals surface area contributed by atoms with E-state index in [1.165, 1.54) is 0 Å². The number of pyridine rings is 1. The van der Waals surface area contributed by atoms with E-state index in [-0.39, 0.29) is 0 Å². The van der Waals surface area contributed by atoms with Crippen LogP contribution in [-0.2, 0) is 7.05 Å². The van der Waals surface area contributed by atoms with Gasteiger partial charge >= 0.3 is 0 Å². The van der Waals surface area contributed by atoms with Crippen LogP contribution in [0.25, 0.3) is 33.5 Å². The number of nitrogens with zero attached hydrogens (tertiary/aromatic N) is 5. The lowest BCUT2D eigenvalue weighted by molar-refractivity contribution is 0.769. The van der Waals surface area contributed by atoms with Crippen molar-refractivity contribution in [2.45, 2.75) is 0 Å². The summed E-state index contributed by atoms with van der Waals surface area (Å²) in [5.41, 5.74) is 4.54. The zero-order chi connectivity index (χ0) is 14.2. The molecule has 4 aromatic heterocycles. The first-order valence-corrected chi connectivity index (χ1v) is 6.57. The van der Waals surface area contributed by atoms with Crippen molar-refractivity contribution in [3.05, 3.63) is 49.1 Å². The molecule has 0 spiro atoms. The highest BCUT2D eigenvalue weighted by atomic mass is 15.3. The van der Waals surface area contributed by atoms with Gasteiger partial charge in [-0.3, -0.25) is 4.68 Å². The van der Waals surface area contributed by atoms with Crippen LogP contribution >= 0.6 is 0 Å². The Hall–Kier alpha value is -3.02. The van der Waals surface area contributed by atoms with Gasteiger partial charge in [0.25, 0.3) is 0 Å². The highest BCUT2D eigenvalue weighted by Gasteiger charge is 2.16. The highest BCUT2D eigenvalue weighted by Crippen LogP contribution is 2.33. The third-order valence-corrected chi connectivity index (χ3v) is 3.39. The molecule has 0 saturated carbocycles. The molecule has 1 N–H and O–H groups in total. The van der Waals surface area contributed by atoms with Crippen LogP contribution in [-0.4, -0.2) is 29.9 Å². The lowest BCUT2D eigenvalue weighted by Gasteiger charge is -2.03. The van der Waals surface area contributed by atoms with Crippen molar-refractivity contribution >= 4 is 11.0 Å². The first-order valence-electron chi connectivity index (χ1n) is 6.57. The molecule has 0 atom stereocenters. The van der Waals surface area contributed by atoms with Gasteiger partial charge in [-0.1, -0.05) is 0 Å². The third kappa shape index (κ3) is 1.88. The second kappa shape index (κ2) is 4.52. The van der Waals surface area contributed by atoms with E-state index in [1.807, 2.05) is 43.7 Å². The van der Waals surface area contributed by atoms with Crippen LogP contribution in [0.1, 0.15) is 0 Å². The quantitative estimate of drug-likeness (QED) is 0.610. The average Bonchev–Trinajstić information content (AvgIpc) is 3.14. The summed E-state index contributed by atoms with van der Waals surface area (Å²) in [5, 5.41) is 13.7. The summed E-state index contributed by atoms with van der Waals surface area (Å²) in [6.07, 6.45) is 7.33. The molecule has 0 aliphatic heterocycles. The molecule has 0 fully saturated rings. The number of aromatic nitrogens is 6. The van der Waals surface area contributed by atoms with Crippen molar-refractivity contribution in [1.82, 2.24) is 29.9 Å². The molecule has 4 heterocycles. The standard InChI is InChI=1S/C15H12N6/c1-21-9-12(14(20-21)13-3-2-6-18-19-13)10-4-7-16-15-11(10)5-8-17-15/h2-9H,1H3,(H,16,17). The van der Waals surface area contributed by atoms with E-state index in [2.05, 4.69) is 25.3 Å². The predicted molar refractivity (Wildman–Crippen MR) is 79.3 cm³/mol. The number of fused-ring (bicyclic) bond motifs is 1. The van der Waals surface area contributed by atoms with E-state index in [9.17, 15) is 0 Å². The van der Waals surface area contributed by atoms with Crippen molar-refractivity contribution in [1.29, 1.82) is 0 Å². The summed E-state index contributed by atoms with van der Waals surface area (Å²) in [6.45, 7) is 0. The van der Waals surface area contributed by atoms with Crippen LogP contribution in [0.5, 0.6) is 0 Å². The zero-order valence-corrected chi connectivity index (χ0v) is 11.4. The molecule has 0 aromatic carbocycles. The monoisotopic (exact) mass is 276 g/mol. The van der Waals surface area contributed by atoms with E-state index in [1.54, 1.807) is 17.1 Å². The maximum Gasteiger partial charge on any atom is 0.137 e. The first-order chi connectivity index (χ1) is 10.3. The van der Waals surface area contributed by atoms with Gasteiger partial charge in [-0.15, -0.1) is 5.10 Å². The van der Waals surface area contributed by atoms with E-state index in [4.69, 9.17) is 0 Å². The van der Waals surface area contributed by atoms with Gasteiger partial charge in [0.2, 0.25) is 0 Å². The van der Waals surface area contributed by atoms with E-state index in [0.717, 1.165) is 33.5 Å². The van der Waals surface area contributed by atoms with Crippen LogP contribution in [0, 0.1) is 0 Å². The highest BCUT2D eigenvalue weighted by molar-refractivity contribution is 5.96. The maximum absolute atomic E-state index is 4.53. The largest absolute Gasteiger partial charge is 0.346 e. The average molecular weight is 276 g/mol. The summed E-state index contributed by atoms with van der Waals surface area (Å²) in [6, 6.07) is 7.78. The van der Waals surface area contributed by atoms with Crippen molar-refractivity contribution < 1.29 is 0 Å². The number of hydrogen-bond donors (Lipinski definition) is 1. The SMILES string of the molecule is Cn1cc(-c2ccnc3[nH]ccc23)c(-c2cccnn2)n1. The molecule has 0 radical (unpaired) electrons. The Morgan fingerprint density at radius 2 is 2.05 bits per heavy atom. The molecule has 0 saturated heterocycles. The minimum atomic E-state index is 0.758. The minimum absolute atomic E-state index is 0.758. The van der Waals surface area contributed by atoms with Crippen LogP contribution in [0.2, 0.25) is 0 Å². The van der Waals surface area contributed by atoms with E-state index < -0.39 is 0 Å². The number of rotatable bonds is 2. The molecule has 0 amide bonds. The van der Waals surface area contributed by atoms with Crippen LogP contribution in [0.15, 0.2) is 49.1 Å². The molecule has 4 aromatic rings. The summed E-state index contributed by atoms with van der Waals surface area (Å²) < 4.78 is 1.79. The van der Waals surface area contributed by atoms with Gasteiger partial charge < -0.3 is 4.98 Å². The molecule has 21 heavy (non-hydrogen) atoms. The van der Waals surface area contributed by atoms with Crippen LogP contribution in [0.3, 0.4) is 0 Å². The van der Waals surface area contributed by atoms with E-state index >= 15 is 0 Å². The Labute approximate surface area is 120 Å². The summed E-state index contributed by atoms with van der Waals surface area (Å²) in [7, 11) is 1.90. The molecule has 4 rings (SSSR count). The number of H-pyrrole nitrogens is 1. The Morgan fingerprint density at radius 3 is 2.90 bits per heavy atom. The molecular weight excluding hydrogens is 264 g/mol. The van der Waals surface area contributed by atoms with Crippen molar-refractivity contribution in [3.8, 4) is 22.5 Å². The first kappa shape index (κ1) is 11.8. The zero-order valence-electron chi connectivity index (χ0n) is 11.4. The summed E-state index contributed by atoms with van der Waals surface area (Å²) in [5.74, 6) is 0. The fourth-order valence-corrected chi connectivity index (χ4v) is 2.50. The Balaban J connectivity index is 2.00. The number of nitrogens with one attached hydrogen (secondary N) is 1. The molecule has 0 aliphatic rings. The van der Waals surface area contributed by atoms with E-state index in [0.29, 0.717) is 0 Å². The lowest BCUT2D eigenvalue weighted by atomic mass is 10.0. The fraction of sp³-hybridized carbons (Fsp3) is 0.0667. The Morgan fingerprint density at radius 1 is 1.10 bits per heavy atom. The van der Waals surface area contributed by atoms with Gasteiger partial charge in [0.15, 0.2) is 0 Å². The van der Waals surface area contributed by atoms with Gasteiger partial charge in [-0.25, -0.2) is 4.98 Å². The molecule has 6 heteroatoms. The Bertz CT molecular complexity index is 906. The maximum atomic E-state index is 4.53. The molecule has 102 valence electrons. The van der Waals surface area contributed by atoms with Gasteiger partial charge in [0, 0.05) is 42.8 Å². The molecule has 6 nitrogen and oxygen atoms in total. The van der Waals surface area contributed by atoms with Crippen molar-refractivity contribution in [2.24, 2.45) is 7.05 Å². The van der Waals surface area contributed by atoms with Crippen molar-refractivity contribution in [3.63, 3.8) is 0 Å². The number of hydrogen-bond acceptors (Lipinski definition) is 4. The summed E-state index contributed by atoms with van der Waals surface area (Å²) >= 11 is 0. The van der Waals surface area contributed by atoms with Gasteiger partial charge in [0.05, 0.1) is 0 Å². The summed E-state index contributed by atoms with van der Waals surface area (Å²) in [4.78, 5) is 7.46. The number of aromatic amines is 1. The van der Waals surface area contributed by atoms with Crippen molar-refractivity contribution in [2.75, 3.05) is 0 Å². The van der Waals surface area contributed by atoms with Gasteiger partial charge in [-0.2, -0.15) is 10.2 Å². The topological polar surface area (TPSA) is 72.3 Å². The van der Waals surface area contributed by atoms with Gasteiger partial charge in [0.1, 0.15) is 17.0 Å². The minimum Gasteiger partial charge on any atom is -0.346 e. The molecule has 0 unspecified atom stereocenters. The number of aryl methyl sites for hydroxylation is 1. The Kier molecular flexibility index (Phi) is 2.53. The lowest BCUT2D eigenvalue weighted by Crippen LogP contribution is -1.91. The second-order valence-corrected chi connectivity index (χ2v) is 4.77. The molecule has 0 bridgehead atoms.